The number of anilines is 1. The summed E-state index contributed by atoms with van der Waals surface area (Å²) in [6, 6.07) is 14.9. The van der Waals surface area contributed by atoms with E-state index in [0.29, 0.717) is 22.0 Å². The van der Waals surface area contributed by atoms with Crippen LogP contribution in [0, 0.1) is 20.2 Å². The predicted molar refractivity (Wildman–Crippen MR) is 107 cm³/mol. The van der Waals surface area contributed by atoms with Crippen molar-refractivity contribution in [3.8, 4) is 11.3 Å². The van der Waals surface area contributed by atoms with Crippen molar-refractivity contribution in [2.45, 2.75) is 5.03 Å². The van der Waals surface area contributed by atoms with Crippen LogP contribution in [0.25, 0.3) is 11.3 Å². The molecule has 0 unspecified atom stereocenters. The Hall–Kier alpha value is -3.86. The van der Waals surface area contributed by atoms with E-state index in [9.17, 15) is 25.0 Å². The quantitative estimate of drug-likeness (QED) is 0.352. The lowest BCUT2D eigenvalue weighted by atomic mass is 10.1. The fraction of sp³-hybridized carbons (Fsp3) is 0.0556. The molecule has 1 heterocycles. The lowest BCUT2D eigenvalue weighted by Gasteiger charge is -2.05. The molecule has 0 bridgehead atoms. The highest BCUT2D eigenvalue weighted by atomic mass is 32.2. The van der Waals surface area contributed by atoms with Crippen molar-refractivity contribution in [1.29, 1.82) is 0 Å². The fourth-order valence-electron chi connectivity index (χ4n) is 2.33. The number of nitro groups is 2. The van der Waals surface area contributed by atoms with E-state index in [1.54, 1.807) is 24.3 Å². The van der Waals surface area contributed by atoms with Crippen molar-refractivity contribution in [2.75, 3.05) is 11.1 Å². The molecule has 29 heavy (non-hydrogen) atoms. The summed E-state index contributed by atoms with van der Waals surface area (Å²) >= 11 is 1.17. The van der Waals surface area contributed by atoms with Gasteiger partial charge in [0.05, 0.1) is 21.3 Å². The molecule has 3 aromatic rings. The van der Waals surface area contributed by atoms with Gasteiger partial charge in [-0.2, -0.15) is 0 Å². The van der Waals surface area contributed by atoms with Crippen LogP contribution in [0.4, 0.5) is 17.1 Å². The van der Waals surface area contributed by atoms with E-state index in [0.717, 1.165) is 0 Å². The van der Waals surface area contributed by atoms with Gasteiger partial charge in [-0.25, -0.2) is 0 Å². The molecule has 11 heteroatoms. The number of hydrogen-bond acceptors (Lipinski definition) is 8. The summed E-state index contributed by atoms with van der Waals surface area (Å²) < 4.78 is 0. The molecular formula is C18H13N5O5S. The minimum atomic E-state index is -0.516. The Morgan fingerprint density at radius 2 is 1.66 bits per heavy atom. The standard InChI is InChI=1S/C18H13N5O5S/c24-17(19-13-4-6-14(7-5-13)22(25)26)11-29-18-9-8-16(20-21-18)12-2-1-3-15(10-12)23(27)28/h1-10H,11H2,(H,19,24). The first-order valence-electron chi connectivity index (χ1n) is 8.18. The van der Waals surface area contributed by atoms with Gasteiger partial charge in [-0.05, 0) is 24.3 Å². The van der Waals surface area contributed by atoms with Gasteiger partial charge in [0.1, 0.15) is 5.03 Å². The van der Waals surface area contributed by atoms with Crippen LogP contribution in [-0.4, -0.2) is 31.7 Å². The van der Waals surface area contributed by atoms with E-state index in [1.165, 1.54) is 48.2 Å². The second-order valence-electron chi connectivity index (χ2n) is 5.71. The number of benzene rings is 2. The smallest absolute Gasteiger partial charge is 0.270 e. The third-order valence-corrected chi connectivity index (χ3v) is 4.63. The molecule has 146 valence electrons. The molecule has 0 aliphatic heterocycles. The second kappa shape index (κ2) is 8.89. The molecule has 10 nitrogen and oxygen atoms in total. The first-order chi connectivity index (χ1) is 13.9. The van der Waals surface area contributed by atoms with E-state index in [1.807, 2.05) is 0 Å². The number of non-ortho nitro benzene ring substituents is 2. The van der Waals surface area contributed by atoms with E-state index in [4.69, 9.17) is 0 Å². The van der Waals surface area contributed by atoms with Crippen molar-refractivity contribution < 1.29 is 14.6 Å². The summed E-state index contributed by atoms with van der Waals surface area (Å²) in [7, 11) is 0. The van der Waals surface area contributed by atoms with Crippen molar-refractivity contribution >= 4 is 34.7 Å². The predicted octanol–water partition coefficient (Wildman–Crippen LogP) is 3.69. The zero-order valence-corrected chi connectivity index (χ0v) is 15.5. The third-order valence-electron chi connectivity index (χ3n) is 3.71. The molecule has 2 aromatic carbocycles. The number of nitro benzene ring substituents is 2. The van der Waals surface area contributed by atoms with Gasteiger partial charge >= 0.3 is 0 Å². The Morgan fingerprint density at radius 1 is 0.931 bits per heavy atom. The number of aromatic nitrogens is 2. The monoisotopic (exact) mass is 411 g/mol. The van der Waals surface area contributed by atoms with Gasteiger partial charge in [0.2, 0.25) is 5.91 Å². The van der Waals surface area contributed by atoms with Crippen LogP contribution in [0.5, 0.6) is 0 Å². The molecule has 0 aliphatic carbocycles. The normalized spacial score (nSPS) is 10.3. The van der Waals surface area contributed by atoms with Crippen molar-refractivity contribution in [3.05, 3.63) is 80.9 Å². The van der Waals surface area contributed by atoms with Gasteiger partial charge in [0, 0.05) is 35.5 Å². The first kappa shape index (κ1) is 19.9. The van der Waals surface area contributed by atoms with Crippen LogP contribution < -0.4 is 5.32 Å². The largest absolute Gasteiger partial charge is 0.325 e. The zero-order valence-electron chi connectivity index (χ0n) is 14.7. The van der Waals surface area contributed by atoms with Gasteiger partial charge in [-0.15, -0.1) is 10.2 Å². The van der Waals surface area contributed by atoms with Crippen LogP contribution in [0.1, 0.15) is 0 Å². The Bertz CT molecular complexity index is 1060. The third kappa shape index (κ3) is 5.32. The number of nitrogens with one attached hydrogen (secondary N) is 1. The molecule has 0 radical (unpaired) electrons. The van der Waals surface area contributed by atoms with E-state index in [2.05, 4.69) is 15.5 Å². The maximum atomic E-state index is 12.0. The number of amides is 1. The fourth-order valence-corrected chi connectivity index (χ4v) is 2.95. The van der Waals surface area contributed by atoms with Crippen LogP contribution in [0.3, 0.4) is 0 Å². The summed E-state index contributed by atoms with van der Waals surface area (Å²) in [6.07, 6.45) is 0. The number of carbonyl (C=O) groups excluding carboxylic acids is 1. The number of carbonyl (C=O) groups is 1. The molecule has 0 spiro atoms. The molecule has 1 amide bonds. The molecule has 1 N–H and O–H groups in total. The van der Waals surface area contributed by atoms with Crippen molar-refractivity contribution in [3.63, 3.8) is 0 Å². The summed E-state index contributed by atoms with van der Waals surface area (Å²) in [5.74, 6) is -0.227. The lowest BCUT2D eigenvalue weighted by Crippen LogP contribution is -2.14. The SMILES string of the molecule is O=C(CSc1ccc(-c2cccc([N+](=O)[O-])c2)nn1)Nc1ccc([N+](=O)[O-])cc1. The van der Waals surface area contributed by atoms with Crippen molar-refractivity contribution in [1.82, 2.24) is 10.2 Å². The molecule has 0 saturated heterocycles. The molecule has 1 aromatic heterocycles. The first-order valence-corrected chi connectivity index (χ1v) is 9.16. The van der Waals surface area contributed by atoms with Gasteiger partial charge in [-0.3, -0.25) is 25.0 Å². The van der Waals surface area contributed by atoms with Crippen LogP contribution in [-0.2, 0) is 4.79 Å². The van der Waals surface area contributed by atoms with E-state index >= 15 is 0 Å². The Morgan fingerprint density at radius 3 is 2.28 bits per heavy atom. The highest BCUT2D eigenvalue weighted by Gasteiger charge is 2.10. The Labute approximate surface area is 168 Å². The van der Waals surface area contributed by atoms with Gasteiger partial charge in [0.15, 0.2) is 0 Å². The maximum absolute atomic E-state index is 12.0. The second-order valence-corrected chi connectivity index (χ2v) is 6.70. The molecule has 0 fully saturated rings. The highest BCUT2D eigenvalue weighted by Crippen LogP contribution is 2.23. The average Bonchev–Trinajstić information content (AvgIpc) is 2.73. The van der Waals surface area contributed by atoms with Crippen LogP contribution >= 0.6 is 11.8 Å². The number of nitrogens with zero attached hydrogens (tertiary/aromatic N) is 4. The summed E-state index contributed by atoms with van der Waals surface area (Å²) in [4.78, 5) is 32.5. The van der Waals surface area contributed by atoms with Crippen molar-refractivity contribution in [2.24, 2.45) is 0 Å². The lowest BCUT2D eigenvalue weighted by molar-refractivity contribution is -0.385. The van der Waals surface area contributed by atoms with Gasteiger partial charge in [0.25, 0.3) is 11.4 Å². The molecule has 0 saturated carbocycles. The molecule has 3 rings (SSSR count). The molecule has 0 atom stereocenters. The van der Waals surface area contributed by atoms with Crippen LogP contribution in [0.15, 0.2) is 65.7 Å². The summed E-state index contributed by atoms with van der Waals surface area (Å²) in [5, 5.41) is 32.7. The zero-order chi connectivity index (χ0) is 20.8. The van der Waals surface area contributed by atoms with Gasteiger partial charge < -0.3 is 5.32 Å². The van der Waals surface area contributed by atoms with Crippen LogP contribution in [0.2, 0.25) is 0 Å². The molecular weight excluding hydrogens is 398 g/mol. The van der Waals surface area contributed by atoms with Gasteiger partial charge in [-0.1, -0.05) is 23.9 Å². The highest BCUT2D eigenvalue weighted by molar-refractivity contribution is 7.99. The maximum Gasteiger partial charge on any atom is 0.270 e. The Balaban J connectivity index is 1.57. The van der Waals surface area contributed by atoms with E-state index in [-0.39, 0.29) is 23.0 Å². The number of hydrogen-bond donors (Lipinski definition) is 1. The Kier molecular flexibility index (Phi) is 6.09. The topological polar surface area (TPSA) is 141 Å². The minimum absolute atomic E-state index is 0.0364. The number of rotatable bonds is 7. The molecule has 0 aliphatic rings. The minimum Gasteiger partial charge on any atom is -0.325 e. The average molecular weight is 411 g/mol. The van der Waals surface area contributed by atoms with E-state index < -0.39 is 9.85 Å². The number of thioether (sulfide) groups is 1. The summed E-state index contributed by atoms with van der Waals surface area (Å²) in [6.45, 7) is 0. The summed E-state index contributed by atoms with van der Waals surface area (Å²) in [5.41, 5.74) is 1.41.